The van der Waals surface area contributed by atoms with Gasteiger partial charge in [0.15, 0.2) is 11.5 Å². The molecule has 1 saturated heterocycles. The molecule has 10 nitrogen and oxygen atoms in total. The summed E-state index contributed by atoms with van der Waals surface area (Å²) in [5.41, 5.74) is 10.3. The second-order valence-corrected chi connectivity index (χ2v) is 7.81. The zero-order valence-electron chi connectivity index (χ0n) is 17.9. The lowest BCUT2D eigenvalue weighted by Gasteiger charge is -2.30. The van der Waals surface area contributed by atoms with Crippen LogP contribution in [0.15, 0.2) is 42.9 Å². The molecule has 0 atom stereocenters. The molecule has 10 heteroatoms. The van der Waals surface area contributed by atoms with Crippen LogP contribution in [-0.2, 0) is 11.2 Å². The van der Waals surface area contributed by atoms with Gasteiger partial charge in [-0.2, -0.15) is 0 Å². The molecule has 1 fully saturated rings. The molecule has 33 heavy (non-hydrogen) atoms. The normalized spacial score (nSPS) is 15.5. The van der Waals surface area contributed by atoms with E-state index < -0.39 is 5.91 Å². The standard InChI is InChI=1S/C23H23N7O3/c24-21-20(23(32)29-18-12-25-5-4-19(18)30-7-9-33-10-8-30)28-17(13-27-21)15-1-2-16-14(11-15)3-6-26-22(16)31/h1-2,4-5,11-13H,3,6-10H2,(H2,24,27)(H,26,31)(H,29,32). The molecule has 2 aromatic heterocycles. The Morgan fingerprint density at radius 3 is 2.88 bits per heavy atom. The van der Waals surface area contributed by atoms with Crippen molar-refractivity contribution in [3.63, 3.8) is 0 Å². The molecule has 0 spiro atoms. The van der Waals surface area contributed by atoms with Crippen LogP contribution in [0, 0.1) is 0 Å². The number of nitrogen functional groups attached to an aromatic ring is 1. The van der Waals surface area contributed by atoms with Crippen molar-refractivity contribution in [3.8, 4) is 11.3 Å². The first-order valence-corrected chi connectivity index (χ1v) is 10.7. The van der Waals surface area contributed by atoms with Gasteiger partial charge in [-0.15, -0.1) is 0 Å². The average Bonchev–Trinajstić information content (AvgIpc) is 2.85. The first-order chi connectivity index (χ1) is 16.1. The molecule has 0 unspecified atom stereocenters. The van der Waals surface area contributed by atoms with E-state index in [1.165, 1.54) is 6.20 Å². The molecule has 5 rings (SSSR count). The van der Waals surface area contributed by atoms with Gasteiger partial charge in [-0.05, 0) is 30.2 Å². The van der Waals surface area contributed by atoms with Crippen LogP contribution >= 0.6 is 0 Å². The topological polar surface area (TPSA) is 135 Å². The van der Waals surface area contributed by atoms with E-state index in [0.717, 1.165) is 36.3 Å². The number of carbonyl (C=O) groups excluding carboxylic acids is 2. The van der Waals surface area contributed by atoms with Crippen LogP contribution in [0.2, 0.25) is 0 Å². The van der Waals surface area contributed by atoms with Gasteiger partial charge in [-0.3, -0.25) is 14.6 Å². The third-order valence-corrected chi connectivity index (χ3v) is 5.74. The number of aromatic nitrogens is 3. The van der Waals surface area contributed by atoms with Crippen molar-refractivity contribution >= 4 is 29.0 Å². The lowest BCUT2D eigenvalue weighted by Crippen LogP contribution is -2.36. The summed E-state index contributed by atoms with van der Waals surface area (Å²) < 4.78 is 5.42. The Hall–Kier alpha value is -4.05. The average molecular weight is 445 g/mol. The highest BCUT2D eigenvalue weighted by atomic mass is 16.5. The molecular formula is C23H23N7O3. The smallest absolute Gasteiger partial charge is 0.278 e. The van der Waals surface area contributed by atoms with E-state index >= 15 is 0 Å². The predicted molar refractivity (Wildman–Crippen MR) is 123 cm³/mol. The number of fused-ring (bicyclic) bond motifs is 1. The van der Waals surface area contributed by atoms with E-state index in [9.17, 15) is 9.59 Å². The molecule has 0 bridgehead atoms. The summed E-state index contributed by atoms with van der Waals surface area (Å²) in [7, 11) is 0. The van der Waals surface area contributed by atoms with Crippen LogP contribution in [0.5, 0.6) is 0 Å². The highest BCUT2D eigenvalue weighted by Crippen LogP contribution is 2.27. The second kappa shape index (κ2) is 8.83. The van der Waals surface area contributed by atoms with Gasteiger partial charge in [0.1, 0.15) is 0 Å². The third kappa shape index (κ3) is 4.20. The van der Waals surface area contributed by atoms with E-state index in [2.05, 4.69) is 30.5 Å². The van der Waals surface area contributed by atoms with E-state index in [1.807, 2.05) is 12.1 Å². The Morgan fingerprint density at radius 1 is 1.18 bits per heavy atom. The molecule has 0 radical (unpaired) electrons. The van der Waals surface area contributed by atoms with Crippen molar-refractivity contribution < 1.29 is 14.3 Å². The van der Waals surface area contributed by atoms with Crippen molar-refractivity contribution in [1.82, 2.24) is 20.3 Å². The van der Waals surface area contributed by atoms with Gasteiger partial charge in [-0.25, -0.2) is 9.97 Å². The van der Waals surface area contributed by atoms with Crippen molar-refractivity contribution in [2.75, 3.05) is 48.8 Å². The molecule has 2 aliphatic rings. The number of pyridine rings is 1. The highest BCUT2D eigenvalue weighted by molar-refractivity contribution is 6.07. The predicted octanol–water partition coefficient (Wildman–Crippen LogP) is 1.50. The van der Waals surface area contributed by atoms with E-state index in [4.69, 9.17) is 10.5 Å². The number of nitrogens with one attached hydrogen (secondary N) is 2. The Bertz CT molecular complexity index is 1220. The fraction of sp³-hybridized carbons (Fsp3) is 0.261. The maximum absolute atomic E-state index is 13.1. The molecule has 4 heterocycles. The fourth-order valence-electron chi connectivity index (χ4n) is 4.04. The molecule has 4 N–H and O–H groups in total. The molecule has 2 aliphatic heterocycles. The van der Waals surface area contributed by atoms with Gasteiger partial charge < -0.3 is 26.0 Å². The first kappa shape index (κ1) is 20.8. The summed E-state index contributed by atoms with van der Waals surface area (Å²) in [6.07, 6.45) is 5.55. The lowest BCUT2D eigenvalue weighted by molar-refractivity contribution is 0.0945. The summed E-state index contributed by atoms with van der Waals surface area (Å²) in [5, 5.41) is 5.71. The number of hydrogen-bond donors (Lipinski definition) is 3. The number of ether oxygens (including phenoxy) is 1. The van der Waals surface area contributed by atoms with Crippen LogP contribution in [0.1, 0.15) is 26.4 Å². The Kier molecular flexibility index (Phi) is 5.57. The van der Waals surface area contributed by atoms with Crippen molar-refractivity contribution in [3.05, 3.63) is 59.7 Å². The van der Waals surface area contributed by atoms with Gasteiger partial charge in [0.2, 0.25) is 0 Å². The summed E-state index contributed by atoms with van der Waals surface area (Å²) in [6.45, 7) is 3.28. The lowest BCUT2D eigenvalue weighted by atomic mass is 9.97. The minimum absolute atomic E-state index is 0.0275. The van der Waals surface area contributed by atoms with Crippen LogP contribution in [-0.4, -0.2) is 59.6 Å². The minimum Gasteiger partial charge on any atom is -0.382 e. The molecule has 3 aromatic rings. The number of nitrogens with zero attached hydrogens (tertiary/aromatic N) is 4. The van der Waals surface area contributed by atoms with Gasteiger partial charge in [0.25, 0.3) is 11.8 Å². The zero-order valence-corrected chi connectivity index (χ0v) is 17.9. The molecule has 2 amide bonds. The maximum atomic E-state index is 13.1. The molecule has 1 aromatic carbocycles. The Morgan fingerprint density at radius 2 is 2.03 bits per heavy atom. The Balaban J connectivity index is 1.42. The third-order valence-electron chi connectivity index (χ3n) is 5.74. The van der Waals surface area contributed by atoms with E-state index in [-0.39, 0.29) is 17.4 Å². The van der Waals surface area contributed by atoms with Crippen LogP contribution in [0.3, 0.4) is 0 Å². The van der Waals surface area contributed by atoms with E-state index in [0.29, 0.717) is 36.7 Å². The van der Waals surface area contributed by atoms with Crippen LogP contribution in [0.4, 0.5) is 17.2 Å². The molecular weight excluding hydrogens is 422 g/mol. The first-order valence-electron chi connectivity index (χ1n) is 10.7. The van der Waals surface area contributed by atoms with Gasteiger partial charge >= 0.3 is 0 Å². The fourth-order valence-corrected chi connectivity index (χ4v) is 4.04. The van der Waals surface area contributed by atoms with Crippen molar-refractivity contribution in [1.29, 1.82) is 0 Å². The van der Waals surface area contributed by atoms with E-state index in [1.54, 1.807) is 24.5 Å². The summed E-state index contributed by atoms with van der Waals surface area (Å²) in [5.74, 6) is -0.522. The number of morpholine rings is 1. The Labute approximate surface area is 190 Å². The van der Waals surface area contributed by atoms with Gasteiger partial charge in [-0.1, -0.05) is 6.07 Å². The summed E-state index contributed by atoms with van der Waals surface area (Å²) >= 11 is 0. The summed E-state index contributed by atoms with van der Waals surface area (Å²) in [6, 6.07) is 7.33. The van der Waals surface area contributed by atoms with Crippen LogP contribution < -0.4 is 21.3 Å². The van der Waals surface area contributed by atoms with Crippen molar-refractivity contribution in [2.24, 2.45) is 0 Å². The number of benzene rings is 1. The molecule has 0 aliphatic carbocycles. The highest BCUT2D eigenvalue weighted by Gasteiger charge is 2.21. The SMILES string of the molecule is Nc1ncc(-c2ccc3c(c2)CCNC3=O)nc1C(=O)Nc1cnccc1N1CCOCC1. The monoisotopic (exact) mass is 445 g/mol. The second-order valence-electron chi connectivity index (χ2n) is 7.81. The van der Waals surface area contributed by atoms with Gasteiger partial charge in [0, 0.05) is 37.0 Å². The number of rotatable bonds is 4. The quantitative estimate of drug-likeness (QED) is 0.550. The van der Waals surface area contributed by atoms with Crippen molar-refractivity contribution in [2.45, 2.75) is 6.42 Å². The van der Waals surface area contributed by atoms with Crippen LogP contribution in [0.25, 0.3) is 11.3 Å². The number of amides is 2. The number of hydrogen-bond acceptors (Lipinski definition) is 8. The largest absolute Gasteiger partial charge is 0.382 e. The number of nitrogens with two attached hydrogens (primary N) is 1. The number of carbonyl (C=O) groups is 2. The summed E-state index contributed by atoms with van der Waals surface area (Å²) in [4.78, 5) is 40.1. The molecule has 168 valence electrons. The minimum atomic E-state index is -0.471. The maximum Gasteiger partial charge on any atom is 0.278 e. The number of anilines is 3. The van der Waals surface area contributed by atoms with Gasteiger partial charge in [0.05, 0.1) is 42.7 Å². The molecule has 0 saturated carbocycles. The zero-order chi connectivity index (χ0) is 22.8.